The molecule has 0 radical (unpaired) electrons. The van der Waals surface area contributed by atoms with Crippen molar-refractivity contribution in [1.29, 1.82) is 0 Å². The number of Topliss-reactive ketones (excluding diaryl/α,β-unsaturated/α-hetero) is 1. The van der Waals surface area contributed by atoms with Gasteiger partial charge in [0.05, 0.1) is 11.5 Å². The molecule has 2 rings (SSSR count). The van der Waals surface area contributed by atoms with Crippen molar-refractivity contribution in [2.75, 3.05) is 11.9 Å². The van der Waals surface area contributed by atoms with Crippen molar-refractivity contribution in [1.82, 2.24) is 0 Å². The van der Waals surface area contributed by atoms with Crippen LogP contribution in [-0.2, 0) is 0 Å². The van der Waals surface area contributed by atoms with Crippen LogP contribution in [0.3, 0.4) is 0 Å². The van der Waals surface area contributed by atoms with E-state index in [1.807, 2.05) is 19.1 Å². The van der Waals surface area contributed by atoms with E-state index in [-0.39, 0.29) is 18.0 Å². The summed E-state index contributed by atoms with van der Waals surface area (Å²) in [6.07, 6.45) is 0. The number of rotatable bonds is 5. The number of ketones is 1. The van der Waals surface area contributed by atoms with Crippen molar-refractivity contribution >= 4 is 28.8 Å². The second-order valence-corrected chi connectivity index (χ2v) is 4.95. The van der Waals surface area contributed by atoms with E-state index >= 15 is 0 Å². The highest BCUT2D eigenvalue weighted by Crippen LogP contribution is 2.20. The third kappa shape index (κ3) is 3.79. The highest BCUT2D eigenvalue weighted by atomic mass is 35.5. The first-order valence-electron chi connectivity index (χ1n) is 6.25. The summed E-state index contributed by atoms with van der Waals surface area (Å²) in [5, 5.41) is 14.2. The van der Waals surface area contributed by atoms with Crippen molar-refractivity contribution in [3.8, 4) is 0 Å². The van der Waals surface area contributed by atoms with Crippen molar-refractivity contribution in [2.45, 2.75) is 6.92 Å². The van der Waals surface area contributed by atoms with Crippen LogP contribution in [0.15, 0.2) is 42.5 Å². The maximum Gasteiger partial charge on any atom is 0.269 e. The normalized spacial score (nSPS) is 10.2. The molecule has 0 atom stereocenters. The van der Waals surface area contributed by atoms with Crippen molar-refractivity contribution < 1.29 is 9.72 Å². The smallest absolute Gasteiger partial charge is 0.269 e. The van der Waals surface area contributed by atoms with Gasteiger partial charge in [0.25, 0.3) is 5.69 Å². The van der Waals surface area contributed by atoms with Crippen molar-refractivity contribution in [2.24, 2.45) is 0 Å². The number of hydrogen-bond acceptors (Lipinski definition) is 4. The third-order valence-electron chi connectivity index (χ3n) is 3.03. The Kier molecular flexibility index (Phi) is 4.55. The lowest BCUT2D eigenvalue weighted by molar-refractivity contribution is -0.384. The molecule has 6 heteroatoms. The van der Waals surface area contributed by atoms with E-state index in [2.05, 4.69) is 5.32 Å². The van der Waals surface area contributed by atoms with Gasteiger partial charge < -0.3 is 5.32 Å². The molecule has 21 heavy (non-hydrogen) atoms. The number of nitro groups is 1. The van der Waals surface area contributed by atoms with Gasteiger partial charge in [-0.25, -0.2) is 0 Å². The van der Waals surface area contributed by atoms with Gasteiger partial charge in [0.15, 0.2) is 5.78 Å². The molecule has 0 saturated heterocycles. The van der Waals surface area contributed by atoms with Gasteiger partial charge in [-0.3, -0.25) is 14.9 Å². The Balaban J connectivity index is 2.01. The Morgan fingerprint density at radius 3 is 2.48 bits per heavy atom. The highest BCUT2D eigenvalue weighted by molar-refractivity contribution is 6.31. The van der Waals surface area contributed by atoms with E-state index in [4.69, 9.17) is 11.6 Å². The van der Waals surface area contributed by atoms with E-state index in [1.165, 1.54) is 24.3 Å². The predicted molar refractivity (Wildman–Crippen MR) is 82.1 cm³/mol. The lowest BCUT2D eigenvalue weighted by atomic mass is 10.1. The summed E-state index contributed by atoms with van der Waals surface area (Å²) in [5.41, 5.74) is 2.10. The average molecular weight is 305 g/mol. The first-order chi connectivity index (χ1) is 9.97. The number of benzene rings is 2. The standard InChI is InChI=1S/C15H13ClN2O3/c1-10-2-5-12(8-14(10)16)17-9-15(19)11-3-6-13(7-4-11)18(20)21/h2-8,17H,9H2,1H3. The number of carbonyl (C=O) groups excluding carboxylic acids is 1. The van der Waals surface area contributed by atoms with Gasteiger partial charge >= 0.3 is 0 Å². The Labute approximate surface area is 126 Å². The van der Waals surface area contributed by atoms with Gasteiger partial charge in [0, 0.05) is 28.4 Å². The van der Waals surface area contributed by atoms with Gasteiger partial charge in [-0.1, -0.05) is 17.7 Å². The molecule has 0 aliphatic carbocycles. The quantitative estimate of drug-likeness (QED) is 0.517. The molecule has 0 fully saturated rings. The lowest BCUT2D eigenvalue weighted by Crippen LogP contribution is -2.14. The number of carbonyl (C=O) groups is 1. The van der Waals surface area contributed by atoms with Gasteiger partial charge in [-0.2, -0.15) is 0 Å². The van der Waals surface area contributed by atoms with Gasteiger partial charge in [-0.15, -0.1) is 0 Å². The van der Waals surface area contributed by atoms with Crippen molar-refractivity contribution in [3.63, 3.8) is 0 Å². The zero-order valence-electron chi connectivity index (χ0n) is 11.3. The molecule has 0 heterocycles. The number of halogens is 1. The SMILES string of the molecule is Cc1ccc(NCC(=O)c2ccc([N+](=O)[O-])cc2)cc1Cl. The molecule has 0 bridgehead atoms. The molecule has 2 aromatic carbocycles. The van der Waals surface area contributed by atoms with E-state index < -0.39 is 4.92 Å². The van der Waals surface area contributed by atoms with Crippen LogP contribution in [0.5, 0.6) is 0 Å². The summed E-state index contributed by atoms with van der Waals surface area (Å²) in [5.74, 6) is -0.151. The number of hydrogen-bond donors (Lipinski definition) is 1. The number of nitrogens with one attached hydrogen (secondary N) is 1. The highest BCUT2D eigenvalue weighted by Gasteiger charge is 2.09. The van der Waals surface area contributed by atoms with Crippen molar-refractivity contribution in [3.05, 3.63) is 68.7 Å². The second-order valence-electron chi connectivity index (χ2n) is 4.54. The zero-order valence-corrected chi connectivity index (χ0v) is 12.1. The molecule has 0 aliphatic heterocycles. The van der Waals surface area contributed by atoms with Crippen LogP contribution in [-0.4, -0.2) is 17.3 Å². The van der Waals surface area contributed by atoms with Crippen LogP contribution in [0, 0.1) is 17.0 Å². The van der Waals surface area contributed by atoms with Gasteiger partial charge in [-0.05, 0) is 36.8 Å². The van der Waals surface area contributed by atoms with Gasteiger partial charge in [0.1, 0.15) is 0 Å². The van der Waals surface area contributed by atoms with E-state index in [0.717, 1.165) is 11.3 Å². The van der Waals surface area contributed by atoms with Crippen LogP contribution in [0.1, 0.15) is 15.9 Å². The summed E-state index contributed by atoms with van der Waals surface area (Å²) in [4.78, 5) is 22.0. The Bertz CT molecular complexity index is 684. The third-order valence-corrected chi connectivity index (χ3v) is 3.43. The molecule has 0 spiro atoms. The summed E-state index contributed by atoms with van der Waals surface area (Å²) in [7, 11) is 0. The summed E-state index contributed by atoms with van der Waals surface area (Å²) < 4.78 is 0. The maximum atomic E-state index is 12.0. The fourth-order valence-electron chi connectivity index (χ4n) is 1.76. The number of nitro benzene ring substituents is 1. The minimum absolute atomic E-state index is 0.0372. The topological polar surface area (TPSA) is 72.2 Å². The largest absolute Gasteiger partial charge is 0.378 e. The van der Waals surface area contributed by atoms with E-state index in [1.54, 1.807) is 6.07 Å². The monoisotopic (exact) mass is 304 g/mol. The Hall–Kier alpha value is -2.40. The molecule has 0 saturated carbocycles. The van der Waals surface area contributed by atoms with Crippen LogP contribution in [0.4, 0.5) is 11.4 Å². The molecule has 0 aromatic heterocycles. The van der Waals surface area contributed by atoms with E-state index in [9.17, 15) is 14.9 Å². The Morgan fingerprint density at radius 1 is 1.24 bits per heavy atom. The fourth-order valence-corrected chi connectivity index (χ4v) is 1.94. The second kappa shape index (κ2) is 6.37. The number of non-ortho nitro benzene ring substituents is 1. The first-order valence-corrected chi connectivity index (χ1v) is 6.63. The van der Waals surface area contributed by atoms with Crippen LogP contribution >= 0.6 is 11.6 Å². The van der Waals surface area contributed by atoms with Crippen LogP contribution in [0.2, 0.25) is 5.02 Å². The summed E-state index contributed by atoms with van der Waals surface area (Å²) >= 11 is 6.00. The van der Waals surface area contributed by atoms with E-state index in [0.29, 0.717) is 10.6 Å². The summed E-state index contributed by atoms with van der Waals surface area (Å²) in [6.45, 7) is 1.99. The molecule has 0 amide bonds. The molecule has 1 N–H and O–H groups in total. The lowest BCUT2D eigenvalue weighted by Gasteiger charge is -2.07. The molecule has 0 aliphatic rings. The first kappa shape index (κ1) is 15.0. The molecule has 5 nitrogen and oxygen atoms in total. The number of aryl methyl sites for hydroxylation is 1. The molecule has 0 unspecified atom stereocenters. The molecular weight excluding hydrogens is 292 g/mol. The minimum Gasteiger partial charge on any atom is -0.378 e. The van der Waals surface area contributed by atoms with Crippen LogP contribution in [0.25, 0.3) is 0 Å². The molecule has 2 aromatic rings. The fraction of sp³-hybridized carbons (Fsp3) is 0.133. The zero-order chi connectivity index (χ0) is 15.4. The molecule has 108 valence electrons. The van der Waals surface area contributed by atoms with Gasteiger partial charge in [0.2, 0.25) is 0 Å². The number of anilines is 1. The Morgan fingerprint density at radius 2 is 1.90 bits per heavy atom. The molecular formula is C15H13ClN2O3. The predicted octanol–water partition coefficient (Wildman–Crippen LogP) is 3.85. The maximum absolute atomic E-state index is 12.0. The number of nitrogens with zero attached hydrogens (tertiary/aromatic N) is 1. The average Bonchev–Trinajstić information content (AvgIpc) is 2.48. The van der Waals surface area contributed by atoms with Crippen LogP contribution < -0.4 is 5.32 Å². The summed E-state index contributed by atoms with van der Waals surface area (Å²) in [6, 6.07) is 11.0. The minimum atomic E-state index is -0.499.